The summed E-state index contributed by atoms with van der Waals surface area (Å²) in [5.41, 5.74) is 0. The number of rotatable bonds is 4. The summed E-state index contributed by atoms with van der Waals surface area (Å²) in [7, 11) is 0. The summed E-state index contributed by atoms with van der Waals surface area (Å²) in [6, 6.07) is 0.128. The fourth-order valence-electron chi connectivity index (χ4n) is 3.85. The molecule has 5 heteroatoms. The summed E-state index contributed by atoms with van der Waals surface area (Å²) in [6.07, 6.45) is 8.76. The molecule has 0 aromatic carbocycles. The summed E-state index contributed by atoms with van der Waals surface area (Å²) in [4.78, 5) is 22.0. The van der Waals surface area contributed by atoms with Crippen LogP contribution >= 0.6 is 11.3 Å². The maximum Gasteiger partial charge on any atom is 0.239 e. The lowest BCUT2D eigenvalue weighted by Crippen LogP contribution is -2.53. The van der Waals surface area contributed by atoms with Crippen molar-refractivity contribution in [3.8, 4) is 0 Å². The minimum atomic E-state index is 0.128. The zero-order chi connectivity index (χ0) is 15.4. The summed E-state index contributed by atoms with van der Waals surface area (Å²) < 4.78 is 0. The molecule has 3 rings (SSSR count). The Labute approximate surface area is 137 Å². The highest BCUT2D eigenvalue weighted by Crippen LogP contribution is 2.29. The number of hydrogen-bond donors (Lipinski definition) is 0. The molecule has 0 aliphatic carbocycles. The first-order valence-electron chi connectivity index (χ1n) is 8.72. The van der Waals surface area contributed by atoms with Crippen LogP contribution in [0.2, 0.25) is 0 Å². The van der Waals surface area contributed by atoms with Gasteiger partial charge in [0.25, 0.3) is 0 Å². The molecule has 2 atom stereocenters. The lowest BCUT2D eigenvalue weighted by atomic mass is 9.95. The number of likely N-dealkylation sites (tertiary alicyclic amines) is 2. The molecule has 4 nitrogen and oxygen atoms in total. The normalized spacial score (nSPS) is 27.0. The van der Waals surface area contributed by atoms with Crippen LogP contribution in [0.3, 0.4) is 0 Å². The fraction of sp³-hybridized carbons (Fsp3) is 0.765. The minimum absolute atomic E-state index is 0.128. The van der Waals surface area contributed by atoms with E-state index in [1.54, 1.807) is 11.3 Å². The molecule has 2 saturated heterocycles. The third kappa shape index (κ3) is 3.51. The molecule has 122 valence electrons. The van der Waals surface area contributed by atoms with Gasteiger partial charge in [-0.15, -0.1) is 11.3 Å². The first-order valence-corrected chi connectivity index (χ1v) is 9.59. The van der Waals surface area contributed by atoms with Crippen LogP contribution in [0.25, 0.3) is 0 Å². The Hall–Kier alpha value is -0.940. The molecule has 1 aromatic rings. The second-order valence-corrected chi connectivity index (χ2v) is 7.47. The summed E-state index contributed by atoms with van der Waals surface area (Å²) in [5.74, 6) is 0.815. The molecule has 3 heterocycles. The molecule has 0 bridgehead atoms. The van der Waals surface area contributed by atoms with Gasteiger partial charge in [-0.25, -0.2) is 4.98 Å². The van der Waals surface area contributed by atoms with Crippen LogP contribution in [0.1, 0.15) is 56.4 Å². The molecule has 2 aliphatic rings. The molecule has 0 N–H and O–H groups in total. The summed E-state index contributed by atoms with van der Waals surface area (Å²) in [6.45, 7) is 6.14. The fourth-order valence-corrected chi connectivity index (χ4v) is 4.62. The smallest absolute Gasteiger partial charge is 0.239 e. The van der Waals surface area contributed by atoms with E-state index < -0.39 is 0 Å². The number of nitrogens with zero attached hydrogens (tertiary/aromatic N) is 3. The van der Waals surface area contributed by atoms with Crippen molar-refractivity contribution in [1.82, 2.24) is 14.8 Å². The van der Waals surface area contributed by atoms with E-state index in [1.807, 2.05) is 11.6 Å². The molecule has 1 aromatic heterocycles. The Kier molecular flexibility index (Phi) is 5.47. The molecule has 2 unspecified atom stereocenters. The van der Waals surface area contributed by atoms with E-state index in [4.69, 9.17) is 0 Å². The standard InChI is InChI=1S/C17H27N3OS/c1-2-9-19-10-4-3-7-15(19)17(21)20-11-5-6-14(13-20)16-18-8-12-22-16/h8,12,14-15H,2-7,9-11,13H2,1H3. The predicted octanol–water partition coefficient (Wildman–Crippen LogP) is 3.11. The van der Waals surface area contributed by atoms with Crippen LogP contribution in [0.5, 0.6) is 0 Å². The number of carbonyl (C=O) groups is 1. The van der Waals surface area contributed by atoms with E-state index in [2.05, 4.69) is 21.7 Å². The van der Waals surface area contributed by atoms with E-state index >= 15 is 0 Å². The van der Waals surface area contributed by atoms with Crippen molar-refractivity contribution < 1.29 is 4.79 Å². The Morgan fingerprint density at radius 1 is 1.32 bits per heavy atom. The van der Waals surface area contributed by atoms with Gasteiger partial charge in [-0.3, -0.25) is 9.69 Å². The van der Waals surface area contributed by atoms with Crippen LogP contribution in [-0.2, 0) is 4.79 Å². The number of aromatic nitrogens is 1. The molecular weight excluding hydrogens is 294 g/mol. The topological polar surface area (TPSA) is 36.4 Å². The quantitative estimate of drug-likeness (QED) is 0.855. The van der Waals surface area contributed by atoms with Crippen molar-refractivity contribution in [1.29, 1.82) is 0 Å². The van der Waals surface area contributed by atoms with Crippen molar-refractivity contribution in [2.75, 3.05) is 26.2 Å². The van der Waals surface area contributed by atoms with Gasteiger partial charge >= 0.3 is 0 Å². The molecule has 1 amide bonds. The molecule has 22 heavy (non-hydrogen) atoms. The Morgan fingerprint density at radius 2 is 2.23 bits per heavy atom. The highest BCUT2D eigenvalue weighted by atomic mass is 32.1. The van der Waals surface area contributed by atoms with E-state index in [0.29, 0.717) is 11.8 Å². The van der Waals surface area contributed by atoms with E-state index in [1.165, 1.54) is 24.3 Å². The van der Waals surface area contributed by atoms with Crippen molar-refractivity contribution >= 4 is 17.2 Å². The number of hydrogen-bond acceptors (Lipinski definition) is 4. The predicted molar refractivity (Wildman–Crippen MR) is 90.2 cm³/mol. The van der Waals surface area contributed by atoms with Crippen LogP contribution in [-0.4, -0.2) is 52.9 Å². The SMILES string of the molecule is CCCN1CCCCC1C(=O)N1CCCC(c2nccs2)C1. The highest BCUT2D eigenvalue weighted by Gasteiger charge is 2.34. The Bertz CT molecular complexity index is 474. The van der Waals surface area contributed by atoms with Gasteiger partial charge in [-0.2, -0.15) is 0 Å². The molecular formula is C17H27N3OS. The van der Waals surface area contributed by atoms with Crippen molar-refractivity contribution in [2.24, 2.45) is 0 Å². The minimum Gasteiger partial charge on any atom is -0.341 e. The molecule has 0 saturated carbocycles. The largest absolute Gasteiger partial charge is 0.341 e. The third-order valence-electron chi connectivity index (χ3n) is 4.94. The van der Waals surface area contributed by atoms with Crippen molar-refractivity contribution in [2.45, 2.75) is 57.4 Å². The maximum atomic E-state index is 13.0. The highest BCUT2D eigenvalue weighted by molar-refractivity contribution is 7.09. The van der Waals surface area contributed by atoms with Crippen molar-refractivity contribution in [3.63, 3.8) is 0 Å². The van der Waals surface area contributed by atoms with E-state index in [0.717, 1.165) is 45.4 Å². The van der Waals surface area contributed by atoms with Gasteiger partial charge < -0.3 is 4.90 Å². The number of piperidine rings is 2. The van der Waals surface area contributed by atoms with Crippen molar-refractivity contribution in [3.05, 3.63) is 16.6 Å². The van der Waals surface area contributed by atoms with E-state index in [-0.39, 0.29) is 6.04 Å². The van der Waals surface area contributed by atoms with Crippen LogP contribution < -0.4 is 0 Å². The Morgan fingerprint density at radius 3 is 3.00 bits per heavy atom. The maximum absolute atomic E-state index is 13.0. The zero-order valence-corrected chi connectivity index (χ0v) is 14.4. The number of thiazole rings is 1. The molecule has 2 fully saturated rings. The third-order valence-corrected chi connectivity index (χ3v) is 5.88. The van der Waals surface area contributed by atoms with Crippen LogP contribution in [0.15, 0.2) is 11.6 Å². The zero-order valence-electron chi connectivity index (χ0n) is 13.5. The molecule has 0 spiro atoms. The van der Waals surface area contributed by atoms with Gasteiger partial charge in [-0.1, -0.05) is 13.3 Å². The summed E-state index contributed by atoms with van der Waals surface area (Å²) >= 11 is 1.73. The average Bonchev–Trinajstić information content (AvgIpc) is 3.10. The lowest BCUT2D eigenvalue weighted by molar-refractivity contribution is -0.139. The number of carbonyl (C=O) groups excluding carboxylic acids is 1. The number of amides is 1. The van der Waals surface area contributed by atoms with Gasteiger partial charge in [0.05, 0.1) is 11.0 Å². The van der Waals surface area contributed by atoms with Gasteiger partial charge in [0.15, 0.2) is 0 Å². The first-order chi connectivity index (χ1) is 10.8. The monoisotopic (exact) mass is 321 g/mol. The molecule has 0 radical (unpaired) electrons. The Balaban J connectivity index is 1.65. The first kappa shape index (κ1) is 15.9. The van der Waals surface area contributed by atoms with Gasteiger partial charge in [-0.05, 0) is 45.2 Å². The lowest BCUT2D eigenvalue weighted by Gasteiger charge is -2.40. The second kappa shape index (κ2) is 7.55. The second-order valence-electron chi connectivity index (χ2n) is 6.54. The average molecular weight is 321 g/mol. The van der Waals surface area contributed by atoms with Gasteiger partial charge in [0.1, 0.15) is 0 Å². The van der Waals surface area contributed by atoms with Crippen LogP contribution in [0, 0.1) is 0 Å². The van der Waals surface area contributed by atoms with Gasteiger partial charge in [0.2, 0.25) is 5.91 Å². The van der Waals surface area contributed by atoms with E-state index in [9.17, 15) is 4.79 Å². The van der Waals surface area contributed by atoms with Gasteiger partial charge in [0, 0.05) is 30.6 Å². The van der Waals surface area contributed by atoms with Crippen LogP contribution in [0.4, 0.5) is 0 Å². The molecule has 2 aliphatic heterocycles. The summed E-state index contributed by atoms with van der Waals surface area (Å²) in [5, 5.41) is 3.24.